The Morgan fingerprint density at radius 3 is 2.47 bits per heavy atom. The number of nitrogens with one attached hydrogen (secondary N) is 1. The minimum atomic E-state index is -0.565. The van der Waals surface area contributed by atoms with Gasteiger partial charge in [-0.25, -0.2) is 0 Å². The van der Waals surface area contributed by atoms with Gasteiger partial charge in [-0.15, -0.1) is 0 Å². The molecule has 3 aromatic rings. The van der Waals surface area contributed by atoms with Gasteiger partial charge >= 0.3 is 0 Å². The van der Waals surface area contributed by atoms with Crippen molar-refractivity contribution >= 4 is 16.7 Å². The van der Waals surface area contributed by atoms with E-state index in [-0.39, 0.29) is 5.91 Å². The van der Waals surface area contributed by atoms with Crippen LogP contribution in [0.4, 0.5) is 0 Å². The molecule has 0 saturated carbocycles. The van der Waals surface area contributed by atoms with Crippen LogP contribution in [0.25, 0.3) is 10.8 Å². The van der Waals surface area contributed by atoms with Crippen LogP contribution in [0.15, 0.2) is 66.7 Å². The lowest BCUT2D eigenvalue weighted by molar-refractivity contribution is -0.127. The Morgan fingerprint density at radius 1 is 0.933 bits per heavy atom. The van der Waals surface area contributed by atoms with Crippen molar-refractivity contribution in [2.75, 3.05) is 13.1 Å². The highest BCUT2D eigenvalue weighted by atomic mass is 16.5. The summed E-state index contributed by atoms with van der Waals surface area (Å²) in [4.78, 5) is 15.2. The quantitative estimate of drug-likeness (QED) is 0.611. The van der Waals surface area contributed by atoms with E-state index in [1.165, 1.54) is 30.4 Å². The summed E-state index contributed by atoms with van der Waals surface area (Å²) in [5.74, 6) is 0.636. The van der Waals surface area contributed by atoms with Gasteiger partial charge in [0.2, 0.25) is 0 Å². The molecule has 0 radical (unpaired) electrons. The van der Waals surface area contributed by atoms with Gasteiger partial charge in [-0.1, -0.05) is 67.1 Å². The summed E-state index contributed by atoms with van der Waals surface area (Å²) in [5.41, 5.74) is 2.47. The van der Waals surface area contributed by atoms with Gasteiger partial charge in [-0.05, 0) is 55.4 Å². The van der Waals surface area contributed by atoms with E-state index >= 15 is 0 Å². The van der Waals surface area contributed by atoms with Crippen molar-refractivity contribution in [3.05, 3.63) is 77.9 Å². The molecule has 30 heavy (non-hydrogen) atoms. The third kappa shape index (κ3) is 5.00. The van der Waals surface area contributed by atoms with Crippen LogP contribution < -0.4 is 10.1 Å². The predicted molar refractivity (Wildman–Crippen MR) is 121 cm³/mol. The van der Waals surface area contributed by atoms with E-state index in [4.69, 9.17) is 4.74 Å². The lowest BCUT2D eigenvalue weighted by Gasteiger charge is -2.27. The van der Waals surface area contributed by atoms with E-state index in [1.54, 1.807) is 6.92 Å². The number of ether oxygens (including phenoxy) is 1. The molecule has 4 nitrogen and oxygen atoms in total. The molecule has 0 aromatic heterocycles. The van der Waals surface area contributed by atoms with Crippen molar-refractivity contribution in [1.82, 2.24) is 10.2 Å². The highest BCUT2D eigenvalue weighted by Crippen LogP contribution is 2.26. The standard InChI is InChI=1S/C26H30N2O2/c1-20(30-25-15-9-13-21-10-5-6-14-24(21)25)26(29)27-18-22-11-3-4-12-23(22)19-28-16-7-2-8-17-28/h3-6,9-15,20H,2,7-8,16-19H2,1H3,(H,27,29)/t20-/m0/s1. The molecule has 4 heteroatoms. The van der Waals surface area contributed by atoms with Crippen LogP contribution in [0.3, 0.4) is 0 Å². The summed E-state index contributed by atoms with van der Waals surface area (Å²) in [6.07, 6.45) is 3.33. The average Bonchev–Trinajstić information content (AvgIpc) is 2.79. The molecular weight excluding hydrogens is 372 g/mol. The normalized spacial score (nSPS) is 15.6. The van der Waals surface area contributed by atoms with Crippen molar-refractivity contribution in [2.45, 2.75) is 45.4 Å². The van der Waals surface area contributed by atoms with Gasteiger partial charge in [0.15, 0.2) is 6.10 Å². The number of carbonyl (C=O) groups is 1. The molecule has 0 spiro atoms. The largest absolute Gasteiger partial charge is 0.480 e. The summed E-state index contributed by atoms with van der Waals surface area (Å²) < 4.78 is 6.01. The number of likely N-dealkylation sites (tertiary alicyclic amines) is 1. The molecule has 1 heterocycles. The van der Waals surface area contributed by atoms with Crippen LogP contribution in [0.2, 0.25) is 0 Å². The Bertz CT molecular complexity index is 990. The Kier molecular flexibility index (Phi) is 6.65. The maximum atomic E-state index is 12.7. The van der Waals surface area contributed by atoms with Gasteiger partial charge in [0.25, 0.3) is 5.91 Å². The number of hydrogen-bond donors (Lipinski definition) is 1. The van der Waals surface area contributed by atoms with E-state index in [0.29, 0.717) is 6.54 Å². The average molecular weight is 403 g/mol. The third-order valence-electron chi connectivity index (χ3n) is 5.84. The molecule has 1 N–H and O–H groups in total. The van der Waals surface area contributed by atoms with E-state index < -0.39 is 6.10 Å². The van der Waals surface area contributed by atoms with Crippen molar-refractivity contribution in [3.63, 3.8) is 0 Å². The molecule has 4 rings (SSSR count). The van der Waals surface area contributed by atoms with Crippen LogP contribution in [-0.4, -0.2) is 30.0 Å². The first-order valence-corrected chi connectivity index (χ1v) is 10.9. The second-order valence-electron chi connectivity index (χ2n) is 8.06. The van der Waals surface area contributed by atoms with Crippen LogP contribution in [0.1, 0.15) is 37.3 Å². The zero-order valence-electron chi connectivity index (χ0n) is 17.6. The third-order valence-corrected chi connectivity index (χ3v) is 5.84. The fraction of sp³-hybridized carbons (Fsp3) is 0.346. The van der Waals surface area contributed by atoms with Gasteiger partial charge < -0.3 is 10.1 Å². The topological polar surface area (TPSA) is 41.6 Å². The van der Waals surface area contributed by atoms with Crippen molar-refractivity contribution < 1.29 is 9.53 Å². The lowest BCUT2D eigenvalue weighted by Crippen LogP contribution is -2.36. The van der Waals surface area contributed by atoms with Crippen LogP contribution in [0.5, 0.6) is 5.75 Å². The Morgan fingerprint density at radius 2 is 1.63 bits per heavy atom. The van der Waals surface area contributed by atoms with E-state index in [2.05, 4.69) is 28.4 Å². The smallest absolute Gasteiger partial charge is 0.261 e. The van der Waals surface area contributed by atoms with E-state index in [9.17, 15) is 4.79 Å². The van der Waals surface area contributed by atoms with Gasteiger partial charge in [-0.3, -0.25) is 9.69 Å². The summed E-state index contributed by atoms with van der Waals surface area (Å²) >= 11 is 0. The molecule has 1 atom stereocenters. The number of amides is 1. The summed E-state index contributed by atoms with van der Waals surface area (Å²) in [6.45, 7) is 5.60. The summed E-state index contributed by atoms with van der Waals surface area (Å²) in [6, 6.07) is 22.4. The fourth-order valence-corrected chi connectivity index (χ4v) is 4.11. The Hall–Kier alpha value is -2.85. The molecule has 1 aliphatic rings. The van der Waals surface area contributed by atoms with Crippen LogP contribution in [0, 0.1) is 0 Å². The maximum Gasteiger partial charge on any atom is 0.261 e. The maximum absolute atomic E-state index is 12.7. The molecule has 1 amide bonds. The highest BCUT2D eigenvalue weighted by molar-refractivity contribution is 5.89. The fourth-order valence-electron chi connectivity index (χ4n) is 4.11. The molecule has 1 aliphatic heterocycles. The number of piperidine rings is 1. The first kappa shape index (κ1) is 20.4. The van der Waals surface area contributed by atoms with Gasteiger partial charge in [0.1, 0.15) is 5.75 Å². The summed E-state index contributed by atoms with van der Waals surface area (Å²) in [7, 11) is 0. The minimum absolute atomic E-state index is 0.101. The van der Waals surface area contributed by atoms with E-state index in [1.807, 2.05) is 48.5 Å². The van der Waals surface area contributed by atoms with Crippen molar-refractivity contribution in [2.24, 2.45) is 0 Å². The molecule has 1 fully saturated rings. The van der Waals surface area contributed by atoms with Crippen LogP contribution in [-0.2, 0) is 17.9 Å². The molecule has 3 aromatic carbocycles. The van der Waals surface area contributed by atoms with Crippen molar-refractivity contribution in [1.29, 1.82) is 0 Å². The monoisotopic (exact) mass is 402 g/mol. The van der Waals surface area contributed by atoms with Gasteiger partial charge in [0, 0.05) is 18.5 Å². The Balaban J connectivity index is 1.37. The lowest BCUT2D eigenvalue weighted by atomic mass is 10.0. The molecule has 1 saturated heterocycles. The minimum Gasteiger partial charge on any atom is -0.480 e. The number of benzene rings is 3. The first-order chi connectivity index (χ1) is 14.7. The molecule has 0 bridgehead atoms. The van der Waals surface area contributed by atoms with Gasteiger partial charge in [-0.2, -0.15) is 0 Å². The first-order valence-electron chi connectivity index (χ1n) is 10.9. The molecule has 0 aliphatic carbocycles. The Labute approximate surface area is 178 Å². The number of fused-ring (bicyclic) bond motifs is 1. The number of hydrogen-bond acceptors (Lipinski definition) is 3. The molecule has 156 valence electrons. The summed E-state index contributed by atoms with van der Waals surface area (Å²) in [5, 5.41) is 5.19. The number of nitrogens with zero attached hydrogens (tertiary/aromatic N) is 1. The second-order valence-corrected chi connectivity index (χ2v) is 8.06. The SMILES string of the molecule is C[C@H](Oc1cccc2ccccc12)C(=O)NCc1ccccc1CN1CCCCC1. The highest BCUT2D eigenvalue weighted by Gasteiger charge is 2.17. The number of rotatable bonds is 7. The zero-order valence-corrected chi connectivity index (χ0v) is 17.6. The van der Waals surface area contributed by atoms with Crippen molar-refractivity contribution in [3.8, 4) is 5.75 Å². The molecule has 0 unspecified atom stereocenters. The zero-order chi connectivity index (χ0) is 20.8. The number of carbonyl (C=O) groups excluding carboxylic acids is 1. The van der Waals surface area contributed by atoms with Gasteiger partial charge in [0.05, 0.1) is 0 Å². The van der Waals surface area contributed by atoms with E-state index in [0.717, 1.165) is 36.2 Å². The predicted octanol–water partition coefficient (Wildman–Crippen LogP) is 4.91. The second kappa shape index (κ2) is 9.77. The molecular formula is C26H30N2O2. The van der Waals surface area contributed by atoms with Crippen LogP contribution >= 0.6 is 0 Å².